The Balaban J connectivity index is 1.64. The summed E-state index contributed by atoms with van der Waals surface area (Å²) in [4.78, 5) is 2.54. The molecule has 3 nitrogen and oxygen atoms in total. The third kappa shape index (κ3) is 4.51. The molecule has 0 spiro atoms. The van der Waals surface area contributed by atoms with Gasteiger partial charge in [0.15, 0.2) is 0 Å². The van der Waals surface area contributed by atoms with Crippen molar-refractivity contribution < 1.29 is 4.74 Å². The zero-order valence-electron chi connectivity index (χ0n) is 12.2. The first-order chi connectivity index (χ1) is 9.09. The van der Waals surface area contributed by atoms with Crippen molar-refractivity contribution in [2.75, 3.05) is 26.2 Å². The molecular weight excluding hydrogens is 236 g/mol. The molecule has 0 radical (unpaired) electrons. The van der Waals surface area contributed by atoms with E-state index in [1.54, 1.807) is 0 Å². The maximum Gasteiger partial charge on any atom is 0.119 e. The minimum Gasteiger partial charge on any atom is -0.494 e. The van der Waals surface area contributed by atoms with Crippen LogP contribution in [0.25, 0.3) is 0 Å². The van der Waals surface area contributed by atoms with E-state index in [1.165, 1.54) is 19.5 Å². The van der Waals surface area contributed by atoms with Crippen molar-refractivity contribution in [3.8, 4) is 5.75 Å². The molecule has 1 heterocycles. The summed E-state index contributed by atoms with van der Waals surface area (Å²) in [6, 6.07) is 8.05. The highest BCUT2D eigenvalue weighted by Crippen LogP contribution is 2.28. The van der Waals surface area contributed by atoms with Crippen molar-refractivity contribution in [1.82, 2.24) is 4.90 Å². The van der Waals surface area contributed by atoms with Gasteiger partial charge in [-0.05, 0) is 42.5 Å². The van der Waals surface area contributed by atoms with Gasteiger partial charge in [0, 0.05) is 19.6 Å². The number of ether oxygens (including phenoxy) is 1. The van der Waals surface area contributed by atoms with E-state index in [4.69, 9.17) is 10.5 Å². The van der Waals surface area contributed by atoms with Crippen LogP contribution in [0.15, 0.2) is 24.3 Å². The summed E-state index contributed by atoms with van der Waals surface area (Å²) in [5, 5.41) is 0. The Bertz CT molecular complexity index is 386. The molecule has 1 aromatic rings. The van der Waals surface area contributed by atoms with Gasteiger partial charge in [-0.3, -0.25) is 0 Å². The van der Waals surface area contributed by atoms with Crippen LogP contribution >= 0.6 is 0 Å². The topological polar surface area (TPSA) is 38.5 Å². The van der Waals surface area contributed by atoms with Crippen molar-refractivity contribution in [2.24, 2.45) is 11.1 Å². The van der Waals surface area contributed by atoms with Gasteiger partial charge in [-0.2, -0.15) is 0 Å². The van der Waals surface area contributed by atoms with Crippen molar-refractivity contribution >= 4 is 0 Å². The number of nitrogens with two attached hydrogens (primary N) is 1. The van der Waals surface area contributed by atoms with E-state index < -0.39 is 0 Å². The van der Waals surface area contributed by atoms with Crippen LogP contribution in [0.2, 0.25) is 0 Å². The molecule has 0 saturated carbocycles. The molecular formula is C16H26N2O. The molecule has 2 N–H and O–H groups in total. The molecule has 1 aromatic carbocycles. The predicted octanol–water partition coefficient (Wildman–Crippen LogP) is 2.65. The van der Waals surface area contributed by atoms with Crippen molar-refractivity contribution in [2.45, 2.75) is 33.2 Å². The molecule has 0 aromatic heterocycles. The van der Waals surface area contributed by atoms with Crippen LogP contribution in [-0.4, -0.2) is 31.1 Å². The van der Waals surface area contributed by atoms with Gasteiger partial charge in [-0.25, -0.2) is 0 Å². The highest BCUT2D eigenvalue weighted by molar-refractivity contribution is 5.26. The lowest BCUT2D eigenvalue weighted by molar-refractivity contribution is 0.247. The fraction of sp³-hybridized carbons (Fsp3) is 0.625. The Morgan fingerprint density at radius 3 is 2.58 bits per heavy atom. The lowest BCUT2D eigenvalue weighted by Crippen LogP contribution is -2.25. The fourth-order valence-corrected chi connectivity index (χ4v) is 2.62. The van der Waals surface area contributed by atoms with Crippen LogP contribution in [0.4, 0.5) is 0 Å². The summed E-state index contributed by atoms with van der Waals surface area (Å²) >= 11 is 0. The fourth-order valence-electron chi connectivity index (χ4n) is 2.62. The van der Waals surface area contributed by atoms with Gasteiger partial charge in [0.2, 0.25) is 0 Å². The van der Waals surface area contributed by atoms with Crippen LogP contribution < -0.4 is 10.5 Å². The second-order valence-electron chi connectivity index (χ2n) is 6.24. The Morgan fingerprint density at radius 2 is 2.00 bits per heavy atom. The van der Waals surface area contributed by atoms with E-state index in [2.05, 4.69) is 18.7 Å². The summed E-state index contributed by atoms with van der Waals surface area (Å²) in [6.45, 7) is 9.68. The molecule has 0 bridgehead atoms. The maximum atomic E-state index is 5.75. The standard InChI is InChI=1S/C16H26N2O/c1-16(2)8-10-18(13-16)9-3-11-19-15-6-4-14(12-17)5-7-15/h4-7H,3,8-13,17H2,1-2H3. The molecule has 0 amide bonds. The summed E-state index contributed by atoms with van der Waals surface area (Å²) in [5.74, 6) is 0.943. The van der Waals surface area contributed by atoms with Gasteiger partial charge in [-0.1, -0.05) is 26.0 Å². The molecule has 1 aliphatic rings. The third-order valence-corrected chi connectivity index (χ3v) is 3.80. The highest BCUT2D eigenvalue weighted by atomic mass is 16.5. The van der Waals surface area contributed by atoms with E-state index >= 15 is 0 Å². The second kappa shape index (κ2) is 6.40. The molecule has 19 heavy (non-hydrogen) atoms. The van der Waals surface area contributed by atoms with Crippen LogP contribution in [-0.2, 0) is 6.54 Å². The summed E-state index contributed by atoms with van der Waals surface area (Å²) in [7, 11) is 0. The van der Waals surface area contributed by atoms with E-state index in [-0.39, 0.29) is 0 Å². The molecule has 1 fully saturated rings. The van der Waals surface area contributed by atoms with E-state index in [9.17, 15) is 0 Å². The summed E-state index contributed by atoms with van der Waals surface area (Å²) in [6.07, 6.45) is 2.41. The first-order valence-electron chi connectivity index (χ1n) is 7.23. The molecule has 1 aliphatic heterocycles. The van der Waals surface area contributed by atoms with Crippen LogP contribution in [0.5, 0.6) is 5.75 Å². The first kappa shape index (κ1) is 14.4. The Kier molecular flexibility index (Phi) is 4.83. The highest BCUT2D eigenvalue weighted by Gasteiger charge is 2.28. The van der Waals surface area contributed by atoms with Crippen LogP contribution in [0.1, 0.15) is 32.3 Å². The van der Waals surface area contributed by atoms with Crippen molar-refractivity contribution in [1.29, 1.82) is 0 Å². The number of benzene rings is 1. The number of rotatable bonds is 6. The van der Waals surface area contributed by atoms with E-state index in [0.29, 0.717) is 12.0 Å². The monoisotopic (exact) mass is 262 g/mol. The second-order valence-corrected chi connectivity index (χ2v) is 6.24. The van der Waals surface area contributed by atoms with Gasteiger partial charge >= 0.3 is 0 Å². The molecule has 0 aliphatic carbocycles. The van der Waals surface area contributed by atoms with Crippen molar-refractivity contribution in [3.05, 3.63) is 29.8 Å². The Labute approximate surface area is 116 Å². The van der Waals surface area contributed by atoms with Gasteiger partial charge in [0.25, 0.3) is 0 Å². The Morgan fingerprint density at radius 1 is 1.26 bits per heavy atom. The smallest absolute Gasteiger partial charge is 0.119 e. The zero-order chi connectivity index (χ0) is 13.7. The normalized spacial score (nSPS) is 18.7. The lowest BCUT2D eigenvalue weighted by atomic mass is 9.93. The number of hydrogen-bond acceptors (Lipinski definition) is 3. The van der Waals surface area contributed by atoms with Crippen LogP contribution in [0.3, 0.4) is 0 Å². The Hall–Kier alpha value is -1.06. The molecule has 2 rings (SSSR count). The summed E-state index contributed by atoms with van der Waals surface area (Å²) < 4.78 is 5.75. The minimum atomic E-state index is 0.499. The average molecular weight is 262 g/mol. The molecule has 1 saturated heterocycles. The number of hydrogen-bond donors (Lipinski definition) is 1. The SMILES string of the molecule is CC1(C)CCN(CCCOc2ccc(CN)cc2)C1. The van der Waals surface area contributed by atoms with Gasteiger partial charge in [0.1, 0.15) is 5.75 Å². The molecule has 3 heteroatoms. The number of likely N-dealkylation sites (tertiary alicyclic amines) is 1. The number of nitrogens with zero attached hydrogens (tertiary/aromatic N) is 1. The molecule has 0 atom stereocenters. The van der Waals surface area contributed by atoms with Gasteiger partial charge in [-0.15, -0.1) is 0 Å². The maximum absolute atomic E-state index is 5.75. The quantitative estimate of drug-likeness (QED) is 0.801. The predicted molar refractivity (Wildman–Crippen MR) is 79.3 cm³/mol. The van der Waals surface area contributed by atoms with E-state index in [0.717, 1.165) is 30.9 Å². The molecule has 0 unspecified atom stereocenters. The largest absolute Gasteiger partial charge is 0.494 e. The third-order valence-electron chi connectivity index (χ3n) is 3.80. The first-order valence-corrected chi connectivity index (χ1v) is 7.23. The zero-order valence-corrected chi connectivity index (χ0v) is 12.2. The lowest BCUT2D eigenvalue weighted by Gasteiger charge is -2.19. The molecule has 106 valence electrons. The summed E-state index contributed by atoms with van der Waals surface area (Å²) in [5.41, 5.74) is 7.21. The van der Waals surface area contributed by atoms with Crippen molar-refractivity contribution in [3.63, 3.8) is 0 Å². The van der Waals surface area contributed by atoms with E-state index in [1.807, 2.05) is 24.3 Å². The van der Waals surface area contributed by atoms with Crippen LogP contribution in [0, 0.1) is 5.41 Å². The minimum absolute atomic E-state index is 0.499. The average Bonchev–Trinajstić information content (AvgIpc) is 2.75. The van der Waals surface area contributed by atoms with Gasteiger partial charge < -0.3 is 15.4 Å². The van der Waals surface area contributed by atoms with Gasteiger partial charge in [0.05, 0.1) is 6.61 Å².